The zero-order valence-electron chi connectivity index (χ0n) is 10.9. The van der Waals surface area contributed by atoms with Gasteiger partial charge >= 0.3 is 0 Å². The van der Waals surface area contributed by atoms with Crippen LogP contribution >= 0.6 is 34.8 Å². The van der Waals surface area contributed by atoms with Gasteiger partial charge in [-0.2, -0.15) is 0 Å². The molecule has 0 saturated heterocycles. The lowest BCUT2D eigenvalue weighted by atomic mass is 10.2. The van der Waals surface area contributed by atoms with E-state index in [-0.39, 0.29) is 5.91 Å². The van der Waals surface area contributed by atoms with Crippen LogP contribution in [0.2, 0.25) is 15.1 Å². The fourth-order valence-electron chi connectivity index (χ4n) is 1.66. The largest absolute Gasteiger partial charge is 0.495 e. The molecule has 0 aliphatic carbocycles. The topological polar surface area (TPSA) is 64.3 Å². The molecular weight excluding hydrogens is 335 g/mol. The standard InChI is InChI=1S/C14H11Cl3N2O2/c1-21-13-3-2-7(4-10(13)17)14(20)19-12-6-8(15)11(18)5-9(12)16/h2-6H,18H2,1H3,(H,19,20). The Morgan fingerprint density at radius 1 is 1.10 bits per heavy atom. The summed E-state index contributed by atoms with van der Waals surface area (Å²) < 4.78 is 5.03. The van der Waals surface area contributed by atoms with Gasteiger partial charge < -0.3 is 15.8 Å². The second kappa shape index (κ2) is 6.43. The quantitative estimate of drug-likeness (QED) is 0.806. The maximum atomic E-state index is 12.2. The first-order valence-electron chi connectivity index (χ1n) is 5.81. The number of nitrogen functional groups attached to an aromatic ring is 1. The Morgan fingerprint density at radius 3 is 2.43 bits per heavy atom. The molecule has 0 fully saturated rings. The summed E-state index contributed by atoms with van der Waals surface area (Å²) in [6, 6.07) is 7.66. The van der Waals surface area contributed by atoms with Gasteiger partial charge in [0.25, 0.3) is 5.91 Å². The van der Waals surface area contributed by atoms with E-state index in [9.17, 15) is 4.79 Å². The second-order valence-electron chi connectivity index (χ2n) is 4.16. The van der Waals surface area contributed by atoms with Gasteiger partial charge in [0.15, 0.2) is 0 Å². The van der Waals surface area contributed by atoms with Crippen molar-refractivity contribution in [3.05, 3.63) is 51.0 Å². The molecule has 0 spiro atoms. The number of hydrogen-bond donors (Lipinski definition) is 2. The molecule has 1 amide bonds. The number of rotatable bonds is 3. The summed E-state index contributed by atoms with van der Waals surface area (Å²) in [6.07, 6.45) is 0. The van der Waals surface area contributed by atoms with Crippen molar-refractivity contribution < 1.29 is 9.53 Å². The van der Waals surface area contributed by atoms with E-state index in [0.29, 0.717) is 37.8 Å². The molecule has 0 aliphatic heterocycles. The highest BCUT2D eigenvalue weighted by atomic mass is 35.5. The highest BCUT2D eigenvalue weighted by Gasteiger charge is 2.12. The molecule has 2 aromatic rings. The van der Waals surface area contributed by atoms with Crippen LogP contribution in [-0.4, -0.2) is 13.0 Å². The van der Waals surface area contributed by atoms with Gasteiger partial charge in [0.2, 0.25) is 0 Å². The number of hydrogen-bond acceptors (Lipinski definition) is 3. The van der Waals surface area contributed by atoms with E-state index in [1.807, 2.05) is 0 Å². The number of methoxy groups -OCH3 is 1. The van der Waals surface area contributed by atoms with E-state index in [0.717, 1.165) is 0 Å². The Balaban J connectivity index is 2.26. The van der Waals surface area contributed by atoms with Gasteiger partial charge in [-0.25, -0.2) is 0 Å². The summed E-state index contributed by atoms with van der Waals surface area (Å²) in [5.41, 5.74) is 6.70. The van der Waals surface area contributed by atoms with Gasteiger partial charge in [0, 0.05) is 5.56 Å². The van der Waals surface area contributed by atoms with Crippen molar-refractivity contribution in [2.75, 3.05) is 18.2 Å². The third-order valence-electron chi connectivity index (χ3n) is 2.75. The highest BCUT2D eigenvalue weighted by Crippen LogP contribution is 2.31. The van der Waals surface area contributed by atoms with Crippen LogP contribution in [0.3, 0.4) is 0 Å². The lowest BCUT2D eigenvalue weighted by Gasteiger charge is -2.10. The molecule has 0 saturated carbocycles. The molecule has 0 aromatic heterocycles. The molecule has 2 rings (SSSR count). The van der Waals surface area contributed by atoms with Gasteiger partial charge in [0.05, 0.1) is 33.6 Å². The minimum atomic E-state index is -0.373. The number of halogens is 3. The van der Waals surface area contributed by atoms with Crippen molar-refractivity contribution >= 4 is 52.1 Å². The number of anilines is 2. The predicted octanol–water partition coefficient (Wildman–Crippen LogP) is 4.49. The summed E-state index contributed by atoms with van der Waals surface area (Å²) in [7, 11) is 1.50. The number of carbonyl (C=O) groups excluding carboxylic acids is 1. The van der Waals surface area contributed by atoms with Crippen molar-refractivity contribution in [1.29, 1.82) is 0 Å². The minimum absolute atomic E-state index is 0.296. The molecule has 7 heteroatoms. The van der Waals surface area contributed by atoms with Gasteiger partial charge in [-0.15, -0.1) is 0 Å². The highest BCUT2D eigenvalue weighted by molar-refractivity contribution is 6.37. The van der Waals surface area contributed by atoms with Crippen LogP contribution in [0.5, 0.6) is 5.75 Å². The van der Waals surface area contributed by atoms with Crippen LogP contribution in [0.1, 0.15) is 10.4 Å². The predicted molar refractivity (Wildman–Crippen MR) is 86.8 cm³/mol. The van der Waals surface area contributed by atoms with E-state index in [1.54, 1.807) is 12.1 Å². The lowest BCUT2D eigenvalue weighted by Crippen LogP contribution is -2.12. The number of amides is 1. The van der Waals surface area contributed by atoms with Crippen LogP contribution < -0.4 is 15.8 Å². The average molecular weight is 346 g/mol. The van der Waals surface area contributed by atoms with Crippen molar-refractivity contribution in [2.45, 2.75) is 0 Å². The van der Waals surface area contributed by atoms with Crippen molar-refractivity contribution in [1.82, 2.24) is 0 Å². The van der Waals surface area contributed by atoms with E-state index in [1.165, 1.54) is 25.3 Å². The van der Waals surface area contributed by atoms with Gasteiger partial charge in [-0.1, -0.05) is 34.8 Å². The Kier molecular flexibility index (Phi) is 4.83. The average Bonchev–Trinajstić information content (AvgIpc) is 2.44. The molecule has 110 valence electrons. The number of nitrogens with two attached hydrogens (primary N) is 1. The van der Waals surface area contributed by atoms with Crippen LogP contribution in [0.4, 0.5) is 11.4 Å². The lowest BCUT2D eigenvalue weighted by molar-refractivity contribution is 0.102. The number of carbonyl (C=O) groups is 1. The Bertz CT molecular complexity index is 705. The molecule has 3 N–H and O–H groups in total. The molecule has 0 heterocycles. The second-order valence-corrected chi connectivity index (χ2v) is 5.38. The summed E-state index contributed by atoms with van der Waals surface area (Å²) in [5.74, 6) is 0.115. The first kappa shape index (κ1) is 15.8. The summed E-state index contributed by atoms with van der Waals surface area (Å²) in [5, 5.41) is 3.59. The van der Waals surface area contributed by atoms with Crippen LogP contribution in [0.15, 0.2) is 30.3 Å². The third-order valence-corrected chi connectivity index (χ3v) is 3.68. The summed E-state index contributed by atoms with van der Waals surface area (Å²) in [6.45, 7) is 0. The molecule has 0 unspecified atom stereocenters. The number of benzene rings is 2. The van der Waals surface area contributed by atoms with E-state index >= 15 is 0 Å². The first-order valence-corrected chi connectivity index (χ1v) is 6.95. The maximum absolute atomic E-state index is 12.2. The molecule has 0 atom stereocenters. The van der Waals surface area contributed by atoms with Crippen LogP contribution in [0, 0.1) is 0 Å². The molecule has 21 heavy (non-hydrogen) atoms. The first-order chi connectivity index (χ1) is 9.92. The van der Waals surface area contributed by atoms with Crippen LogP contribution in [0.25, 0.3) is 0 Å². The smallest absolute Gasteiger partial charge is 0.255 e. The van der Waals surface area contributed by atoms with Crippen LogP contribution in [-0.2, 0) is 0 Å². The zero-order valence-corrected chi connectivity index (χ0v) is 13.2. The Labute approximate surface area is 136 Å². The molecular formula is C14H11Cl3N2O2. The number of ether oxygens (including phenoxy) is 1. The minimum Gasteiger partial charge on any atom is -0.495 e. The Morgan fingerprint density at radius 2 is 1.81 bits per heavy atom. The molecule has 0 aliphatic rings. The van der Waals surface area contributed by atoms with E-state index < -0.39 is 0 Å². The molecule has 0 radical (unpaired) electrons. The zero-order chi connectivity index (χ0) is 15.6. The van der Waals surface area contributed by atoms with Gasteiger partial charge in [0.1, 0.15) is 5.75 Å². The van der Waals surface area contributed by atoms with Crippen molar-refractivity contribution in [3.8, 4) is 5.75 Å². The SMILES string of the molecule is COc1ccc(C(=O)Nc2cc(Cl)c(N)cc2Cl)cc1Cl. The van der Waals surface area contributed by atoms with E-state index in [4.69, 9.17) is 45.3 Å². The fraction of sp³-hybridized carbons (Fsp3) is 0.0714. The molecule has 2 aromatic carbocycles. The maximum Gasteiger partial charge on any atom is 0.255 e. The fourth-order valence-corrected chi connectivity index (χ4v) is 2.30. The normalized spacial score (nSPS) is 10.3. The van der Waals surface area contributed by atoms with Gasteiger partial charge in [-0.3, -0.25) is 4.79 Å². The molecule has 0 bridgehead atoms. The van der Waals surface area contributed by atoms with Gasteiger partial charge in [-0.05, 0) is 30.3 Å². The number of nitrogens with one attached hydrogen (secondary N) is 1. The Hall–Kier alpha value is -1.62. The molecule has 4 nitrogen and oxygen atoms in total. The monoisotopic (exact) mass is 344 g/mol. The van der Waals surface area contributed by atoms with Crippen molar-refractivity contribution in [3.63, 3.8) is 0 Å². The van der Waals surface area contributed by atoms with Crippen molar-refractivity contribution in [2.24, 2.45) is 0 Å². The third kappa shape index (κ3) is 3.53. The summed E-state index contributed by atoms with van der Waals surface area (Å²) >= 11 is 17.9. The van der Waals surface area contributed by atoms with E-state index in [2.05, 4.69) is 5.32 Å². The summed E-state index contributed by atoms with van der Waals surface area (Å²) in [4.78, 5) is 12.2.